The molecule has 0 aromatic heterocycles. The smallest absolute Gasteiger partial charge is 0.220 e. The minimum Gasteiger partial charge on any atom is -0.356 e. The summed E-state index contributed by atoms with van der Waals surface area (Å²) in [5.41, 5.74) is 0. The van der Waals surface area contributed by atoms with E-state index in [0.29, 0.717) is 24.2 Å². The average Bonchev–Trinajstić information content (AvgIpc) is 2.94. The molecule has 132 valence electrons. The fraction of sp³-hybridized carbons (Fsp3) is 0.938. The molecule has 0 radical (unpaired) electrons. The highest BCUT2D eigenvalue weighted by Crippen LogP contribution is 2.22. The second-order valence-electron chi connectivity index (χ2n) is 6.64. The summed E-state index contributed by atoms with van der Waals surface area (Å²) in [6, 6.07) is 0. The van der Waals surface area contributed by atoms with Gasteiger partial charge < -0.3 is 15.5 Å². The Morgan fingerprint density at radius 3 is 2.73 bits per heavy atom. The first-order chi connectivity index (χ1) is 9.69. The summed E-state index contributed by atoms with van der Waals surface area (Å²) in [5, 5.41) is 6.59. The summed E-state index contributed by atoms with van der Waals surface area (Å²) >= 11 is 0. The van der Waals surface area contributed by atoms with Crippen molar-refractivity contribution in [2.75, 3.05) is 39.3 Å². The molecule has 2 rings (SSSR count). The van der Waals surface area contributed by atoms with Gasteiger partial charge in [0.1, 0.15) is 0 Å². The van der Waals surface area contributed by atoms with Crippen molar-refractivity contribution >= 4 is 30.7 Å². The van der Waals surface area contributed by atoms with Gasteiger partial charge in [-0.15, -0.1) is 24.8 Å². The Bertz CT molecular complexity index is 312. The number of amides is 1. The summed E-state index contributed by atoms with van der Waals surface area (Å²) < 4.78 is 0. The van der Waals surface area contributed by atoms with Gasteiger partial charge in [0.05, 0.1) is 0 Å². The van der Waals surface area contributed by atoms with Gasteiger partial charge in [-0.2, -0.15) is 0 Å². The van der Waals surface area contributed by atoms with Gasteiger partial charge in [0.25, 0.3) is 0 Å². The molecule has 2 saturated heterocycles. The van der Waals surface area contributed by atoms with Crippen LogP contribution in [0, 0.1) is 17.8 Å². The zero-order chi connectivity index (χ0) is 14.4. The lowest BCUT2D eigenvalue weighted by atomic mass is 9.85. The number of carbonyl (C=O) groups is 1. The van der Waals surface area contributed by atoms with E-state index in [2.05, 4.69) is 29.4 Å². The summed E-state index contributed by atoms with van der Waals surface area (Å²) in [6.45, 7) is 11.0. The van der Waals surface area contributed by atoms with Crippen LogP contribution in [0.4, 0.5) is 0 Å². The second-order valence-corrected chi connectivity index (χ2v) is 6.64. The average molecular weight is 354 g/mol. The predicted octanol–water partition coefficient (Wildman–Crippen LogP) is 2.31. The number of likely N-dealkylation sites (tertiary alicyclic amines) is 1. The molecule has 0 aromatic rings. The number of hydrogen-bond donors (Lipinski definition) is 2. The maximum absolute atomic E-state index is 12.1. The van der Waals surface area contributed by atoms with Crippen LogP contribution in [0.3, 0.4) is 0 Å². The summed E-state index contributed by atoms with van der Waals surface area (Å²) in [4.78, 5) is 14.5. The van der Waals surface area contributed by atoms with Crippen LogP contribution >= 0.6 is 24.8 Å². The van der Waals surface area contributed by atoms with Crippen LogP contribution in [-0.2, 0) is 4.79 Å². The molecule has 2 aliphatic rings. The molecule has 3 unspecified atom stereocenters. The summed E-state index contributed by atoms with van der Waals surface area (Å²) in [5.74, 6) is 2.08. The highest BCUT2D eigenvalue weighted by atomic mass is 35.5. The normalized spacial score (nSPS) is 26.6. The van der Waals surface area contributed by atoms with Crippen LogP contribution < -0.4 is 10.6 Å². The van der Waals surface area contributed by atoms with Gasteiger partial charge in [-0.3, -0.25) is 4.79 Å². The minimum atomic E-state index is 0. The molecule has 2 N–H and O–H groups in total. The van der Waals surface area contributed by atoms with Crippen LogP contribution in [0.1, 0.15) is 39.5 Å². The third-order valence-corrected chi connectivity index (χ3v) is 5.05. The third kappa shape index (κ3) is 7.03. The van der Waals surface area contributed by atoms with Crippen molar-refractivity contribution in [1.29, 1.82) is 0 Å². The van der Waals surface area contributed by atoms with Crippen molar-refractivity contribution in [3.63, 3.8) is 0 Å². The molecule has 3 atom stereocenters. The van der Waals surface area contributed by atoms with E-state index in [0.717, 1.165) is 32.7 Å². The minimum absolute atomic E-state index is 0. The SMILES string of the molecule is CCN1CCC(CNC(=O)CC(C)C2CCCNC2)C1.Cl.Cl. The first kappa shape index (κ1) is 22.0. The van der Waals surface area contributed by atoms with Gasteiger partial charge in [-0.05, 0) is 63.2 Å². The fourth-order valence-corrected chi connectivity index (χ4v) is 3.52. The molecule has 0 aliphatic carbocycles. The number of carbonyl (C=O) groups excluding carboxylic acids is 1. The van der Waals surface area contributed by atoms with Gasteiger partial charge in [-0.25, -0.2) is 0 Å². The fourth-order valence-electron chi connectivity index (χ4n) is 3.52. The predicted molar refractivity (Wildman–Crippen MR) is 97.1 cm³/mol. The largest absolute Gasteiger partial charge is 0.356 e. The van der Waals surface area contributed by atoms with Crippen LogP contribution in [0.2, 0.25) is 0 Å². The van der Waals surface area contributed by atoms with Crippen LogP contribution in [-0.4, -0.2) is 50.1 Å². The number of halogens is 2. The Morgan fingerprint density at radius 1 is 1.36 bits per heavy atom. The Labute approximate surface area is 148 Å². The van der Waals surface area contributed by atoms with Gasteiger partial charge >= 0.3 is 0 Å². The van der Waals surface area contributed by atoms with E-state index in [1.54, 1.807) is 0 Å². The van der Waals surface area contributed by atoms with Gasteiger partial charge in [0, 0.05) is 19.5 Å². The topological polar surface area (TPSA) is 44.4 Å². The molecule has 22 heavy (non-hydrogen) atoms. The highest BCUT2D eigenvalue weighted by molar-refractivity contribution is 5.85. The molecule has 2 heterocycles. The molecule has 0 aromatic carbocycles. The van der Waals surface area contributed by atoms with E-state index in [1.807, 2.05) is 0 Å². The molecule has 4 nitrogen and oxygen atoms in total. The zero-order valence-corrected chi connectivity index (χ0v) is 15.6. The van der Waals surface area contributed by atoms with E-state index in [-0.39, 0.29) is 30.7 Å². The van der Waals surface area contributed by atoms with Crippen molar-refractivity contribution in [2.45, 2.75) is 39.5 Å². The van der Waals surface area contributed by atoms with Gasteiger partial charge in [-0.1, -0.05) is 13.8 Å². The Balaban J connectivity index is 0.00000220. The molecule has 1 amide bonds. The first-order valence-electron chi connectivity index (χ1n) is 8.38. The van der Waals surface area contributed by atoms with Crippen LogP contribution in [0.25, 0.3) is 0 Å². The Kier molecular flexibility index (Phi) is 11.5. The number of hydrogen-bond acceptors (Lipinski definition) is 3. The lowest BCUT2D eigenvalue weighted by Gasteiger charge is -2.28. The zero-order valence-electron chi connectivity index (χ0n) is 14.0. The van der Waals surface area contributed by atoms with Crippen LogP contribution in [0.15, 0.2) is 0 Å². The monoisotopic (exact) mass is 353 g/mol. The van der Waals surface area contributed by atoms with Crippen molar-refractivity contribution in [3.05, 3.63) is 0 Å². The molecule has 2 fully saturated rings. The van der Waals surface area contributed by atoms with E-state index in [4.69, 9.17) is 0 Å². The van der Waals surface area contributed by atoms with Crippen molar-refractivity contribution in [1.82, 2.24) is 15.5 Å². The Hall–Kier alpha value is -0.0300. The van der Waals surface area contributed by atoms with Crippen molar-refractivity contribution in [3.8, 4) is 0 Å². The van der Waals surface area contributed by atoms with E-state index >= 15 is 0 Å². The summed E-state index contributed by atoms with van der Waals surface area (Å²) in [6.07, 6.45) is 4.45. The van der Waals surface area contributed by atoms with Crippen molar-refractivity contribution < 1.29 is 4.79 Å². The molecule has 0 saturated carbocycles. The van der Waals surface area contributed by atoms with Gasteiger partial charge in [0.15, 0.2) is 0 Å². The quantitative estimate of drug-likeness (QED) is 0.769. The van der Waals surface area contributed by atoms with E-state index in [9.17, 15) is 4.79 Å². The second kappa shape index (κ2) is 11.5. The number of piperidine rings is 1. The first-order valence-corrected chi connectivity index (χ1v) is 8.38. The molecular formula is C16H33Cl2N3O. The van der Waals surface area contributed by atoms with Crippen molar-refractivity contribution in [2.24, 2.45) is 17.8 Å². The Morgan fingerprint density at radius 2 is 2.14 bits per heavy atom. The molecular weight excluding hydrogens is 321 g/mol. The lowest BCUT2D eigenvalue weighted by Crippen LogP contribution is -2.36. The standard InChI is InChI=1S/C16H31N3O.2ClH/c1-3-19-8-6-14(12-19)10-18-16(20)9-13(2)15-5-4-7-17-11-15;;/h13-15,17H,3-12H2,1-2H3,(H,18,20);2*1H. The van der Waals surface area contributed by atoms with E-state index in [1.165, 1.54) is 25.8 Å². The maximum Gasteiger partial charge on any atom is 0.220 e. The number of nitrogens with zero attached hydrogens (tertiary/aromatic N) is 1. The third-order valence-electron chi connectivity index (χ3n) is 5.05. The molecule has 2 aliphatic heterocycles. The lowest BCUT2D eigenvalue weighted by molar-refractivity contribution is -0.122. The van der Waals surface area contributed by atoms with Gasteiger partial charge in [0.2, 0.25) is 5.91 Å². The highest BCUT2D eigenvalue weighted by Gasteiger charge is 2.24. The molecule has 0 bridgehead atoms. The molecule has 6 heteroatoms. The number of rotatable bonds is 6. The van der Waals surface area contributed by atoms with E-state index < -0.39 is 0 Å². The molecule has 0 spiro atoms. The number of nitrogens with one attached hydrogen (secondary N) is 2. The van der Waals surface area contributed by atoms with Crippen LogP contribution in [0.5, 0.6) is 0 Å². The summed E-state index contributed by atoms with van der Waals surface area (Å²) in [7, 11) is 0. The maximum atomic E-state index is 12.1.